The van der Waals surface area contributed by atoms with Crippen molar-refractivity contribution in [2.45, 2.75) is 39.8 Å². The van der Waals surface area contributed by atoms with E-state index in [0.717, 1.165) is 11.5 Å². The summed E-state index contributed by atoms with van der Waals surface area (Å²) < 4.78 is 7.27. The number of hydrogen-bond acceptors (Lipinski definition) is 3. The fourth-order valence-electron chi connectivity index (χ4n) is 2.25. The molecule has 2 aromatic heterocycles. The molecule has 2 rings (SSSR count). The Kier molecular flexibility index (Phi) is 4.61. The number of carbonyl (C=O) groups excluding carboxylic acids is 1. The first-order chi connectivity index (χ1) is 9.65. The summed E-state index contributed by atoms with van der Waals surface area (Å²) in [6, 6.07) is 5.42. The second-order valence-corrected chi connectivity index (χ2v) is 4.77. The minimum atomic E-state index is -0.249. The average Bonchev–Trinajstić information content (AvgIpc) is 3.08. The lowest BCUT2D eigenvalue weighted by Crippen LogP contribution is -2.36. The third-order valence-corrected chi connectivity index (χ3v) is 3.35. The minimum Gasteiger partial charge on any atom is -0.464 e. The zero-order valence-electron chi connectivity index (χ0n) is 12.2. The number of rotatable bonds is 6. The maximum Gasteiger partial charge on any atom is 0.247 e. The topological polar surface area (TPSA) is 51.3 Å². The third kappa shape index (κ3) is 3.10. The molecule has 0 aliphatic carbocycles. The summed E-state index contributed by atoms with van der Waals surface area (Å²) in [4.78, 5) is 14.4. The monoisotopic (exact) mass is 275 g/mol. The highest BCUT2D eigenvalue weighted by atomic mass is 16.3. The molecule has 1 amide bonds. The maximum atomic E-state index is 12.6. The molecule has 2 heterocycles. The van der Waals surface area contributed by atoms with Crippen molar-refractivity contribution in [2.24, 2.45) is 0 Å². The summed E-state index contributed by atoms with van der Waals surface area (Å²) in [5.74, 6) is 1.75. The predicted molar refractivity (Wildman–Crippen MR) is 76.1 cm³/mol. The van der Waals surface area contributed by atoms with E-state index in [1.807, 2.05) is 45.2 Å². The number of amides is 1. The number of aryl methyl sites for hydroxylation is 1. The van der Waals surface area contributed by atoms with Gasteiger partial charge < -0.3 is 9.32 Å². The van der Waals surface area contributed by atoms with Gasteiger partial charge in [0, 0.05) is 18.9 Å². The largest absolute Gasteiger partial charge is 0.464 e. The van der Waals surface area contributed by atoms with E-state index in [9.17, 15) is 4.79 Å². The van der Waals surface area contributed by atoms with E-state index in [-0.39, 0.29) is 11.9 Å². The van der Waals surface area contributed by atoms with Crippen LogP contribution in [0.3, 0.4) is 0 Å². The van der Waals surface area contributed by atoms with Gasteiger partial charge in [0.2, 0.25) is 5.91 Å². The Hall–Kier alpha value is -2.04. The number of aromatic nitrogens is 2. The van der Waals surface area contributed by atoms with E-state index >= 15 is 0 Å². The SMILES string of the molecule is CCC(C(=O)N(CC)Cc1ccc(C)o1)n1cccn1. The summed E-state index contributed by atoms with van der Waals surface area (Å²) in [5, 5.41) is 4.18. The van der Waals surface area contributed by atoms with Crippen LogP contribution >= 0.6 is 0 Å². The van der Waals surface area contributed by atoms with Gasteiger partial charge in [-0.3, -0.25) is 9.48 Å². The van der Waals surface area contributed by atoms with Crippen molar-refractivity contribution in [2.75, 3.05) is 6.54 Å². The predicted octanol–water partition coefficient (Wildman–Crippen LogP) is 2.78. The van der Waals surface area contributed by atoms with E-state index in [4.69, 9.17) is 4.42 Å². The molecule has 0 aliphatic rings. The van der Waals surface area contributed by atoms with Gasteiger partial charge in [0.25, 0.3) is 0 Å². The van der Waals surface area contributed by atoms with Crippen molar-refractivity contribution < 1.29 is 9.21 Å². The summed E-state index contributed by atoms with van der Waals surface area (Å²) in [6.07, 6.45) is 4.24. The van der Waals surface area contributed by atoms with Crippen molar-refractivity contribution in [3.63, 3.8) is 0 Å². The highest BCUT2D eigenvalue weighted by molar-refractivity contribution is 5.80. The summed E-state index contributed by atoms with van der Waals surface area (Å²) in [6.45, 7) is 7.02. The smallest absolute Gasteiger partial charge is 0.247 e. The van der Waals surface area contributed by atoms with Crippen LogP contribution in [0.2, 0.25) is 0 Å². The van der Waals surface area contributed by atoms with Gasteiger partial charge in [0.1, 0.15) is 17.6 Å². The van der Waals surface area contributed by atoms with Gasteiger partial charge in [-0.05, 0) is 38.5 Å². The number of furan rings is 1. The molecule has 5 heteroatoms. The van der Waals surface area contributed by atoms with Crippen LogP contribution in [-0.2, 0) is 11.3 Å². The van der Waals surface area contributed by atoms with Gasteiger partial charge >= 0.3 is 0 Å². The van der Waals surface area contributed by atoms with Crippen LogP contribution < -0.4 is 0 Å². The number of nitrogens with zero attached hydrogens (tertiary/aromatic N) is 3. The molecule has 0 spiro atoms. The molecule has 0 bridgehead atoms. The maximum absolute atomic E-state index is 12.6. The minimum absolute atomic E-state index is 0.0766. The summed E-state index contributed by atoms with van der Waals surface area (Å²) in [7, 11) is 0. The van der Waals surface area contributed by atoms with Crippen LogP contribution in [0.25, 0.3) is 0 Å². The molecule has 0 fully saturated rings. The molecule has 0 aliphatic heterocycles. The Morgan fingerprint density at radius 1 is 1.45 bits per heavy atom. The Balaban J connectivity index is 2.11. The van der Waals surface area contributed by atoms with Crippen LogP contribution in [0.5, 0.6) is 0 Å². The van der Waals surface area contributed by atoms with Gasteiger partial charge in [0.15, 0.2) is 0 Å². The lowest BCUT2D eigenvalue weighted by Gasteiger charge is -2.25. The molecule has 0 saturated carbocycles. The lowest BCUT2D eigenvalue weighted by molar-refractivity contribution is -0.135. The third-order valence-electron chi connectivity index (χ3n) is 3.35. The highest BCUT2D eigenvalue weighted by Gasteiger charge is 2.24. The zero-order chi connectivity index (χ0) is 14.5. The van der Waals surface area contributed by atoms with Crippen molar-refractivity contribution >= 4 is 5.91 Å². The number of carbonyl (C=O) groups is 1. The standard InChI is InChI=1S/C15H21N3O2/c1-4-14(18-10-6-9-16-18)15(19)17(5-2)11-13-8-7-12(3)20-13/h6-10,14H,4-5,11H2,1-3H3. The second-order valence-electron chi connectivity index (χ2n) is 4.77. The first-order valence-corrected chi connectivity index (χ1v) is 6.99. The molecule has 20 heavy (non-hydrogen) atoms. The Morgan fingerprint density at radius 3 is 2.75 bits per heavy atom. The molecule has 0 aromatic carbocycles. The van der Waals surface area contributed by atoms with Gasteiger partial charge in [-0.1, -0.05) is 6.92 Å². The van der Waals surface area contributed by atoms with E-state index in [1.54, 1.807) is 15.8 Å². The van der Waals surface area contributed by atoms with Gasteiger partial charge in [0.05, 0.1) is 6.54 Å². The molecule has 1 unspecified atom stereocenters. The van der Waals surface area contributed by atoms with Crippen LogP contribution in [0.1, 0.15) is 37.8 Å². The molecule has 0 radical (unpaired) electrons. The molecule has 0 N–H and O–H groups in total. The van der Waals surface area contributed by atoms with Crippen LogP contribution in [0.4, 0.5) is 0 Å². The molecule has 2 aromatic rings. The van der Waals surface area contributed by atoms with Crippen molar-refractivity contribution in [3.8, 4) is 0 Å². The molecule has 108 valence electrons. The quantitative estimate of drug-likeness (QED) is 0.814. The second kappa shape index (κ2) is 6.41. The number of hydrogen-bond donors (Lipinski definition) is 0. The van der Waals surface area contributed by atoms with Crippen molar-refractivity contribution in [1.82, 2.24) is 14.7 Å². The lowest BCUT2D eigenvalue weighted by atomic mass is 10.2. The average molecular weight is 275 g/mol. The zero-order valence-corrected chi connectivity index (χ0v) is 12.2. The highest BCUT2D eigenvalue weighted by Crippen LogP contribution is 2.17. The van der Waals surface area contributed by atoms with Gasteiger partial charge in [-0.15, -0.1) is 0 Å². The van der Waals surface area contributed by atoms with Crippen molar-refractivity contribution in [3.05, 3.63) is 42.1 Å². The normalized spacial score (nSPS) is 12.3. The Morgan fingerprint density at radius 2 is 2.25 bits per heavy atom. The van der Waals surface area contributed by atoms with E-state index in [1.165, 1.54) is 0 Å². The van der Waals surface area contributed by atoms with Crippen LogP contribution in [-0.4, -0.2) is 27.1 Å². The van der Waals surface area contributed by atoms with E-state index in [0.29, 0.717) is 19.5 Å². The molecular formula is C15H21N3O2. The molecule has 0 saturated heterocycles. The van der Waals surface area contributed by atoms with Crippen LogP contribution in [0, 0.1) is 6.92 Å². The Labute approximate surface area is 119 Å². The van der Waals surface area contributed by atoms with Gasteiger partial charge in [-0.25, -0.2) is 0 Å². The number of likely N-dealkylation sites (N-methyl/N-ethyl adjacent to an activating group) is 1. The van der Waals surface area contributed by atoms with Gasteiger partial charge in [-0.2, -0.15) is 5.10 Å². The Bertz CT molecular complexity index is 545. The summed E-state index contributed by atoms with van der Waals surface area (Å²) >= 11 is 0. The van der Waals surface area contributed by atoms with Crippen LogP contribution in [0.15, 0.2) is 35.0 Å². The van der Waals surface area contributed by atoms with E-state index in [2.05, 4.69) is 5.10 Å². The fourth-order valence-corrected chi connectivity index (χ4v) is 2.25. The summed E-state index contributed by atoms with van der Waals surface area (Å²) in [5.41, 5.74) is 0. The van der Waals surface area contributed by atoms with Crippen molar-refractivity contribution in [1.29, 1.82) is 0 Å². The van der Waals surface area contributed by atoms with E-state index < -0.39 is 0 Å². The first kappa shape index (κ1) is 14.4. The first-order valence-electron chi connectivity index (χ1n) is 6.99. The molecule has 5 nitrogen and oxygen atoms in total. The molecule has 1 atom stereocenters. The fraction of sp³-hybridized carbons (Fsp3) is 0.467. The molecular weight excluding hydrogens is 254 g/mol.